The molecule has 8 nitrogen and oxygen atoms in total. The Morgan fingerprint density at radius 1 is 1.12 bits per heavy atom. The number of hydrogen-bond donors (Lipinski definition) is 0. The first-order valence-electron chi connectivity index (χ1n) is 10.1. The molecule has 0 spiro atoms. The lowest BCUT2D eigenvalue weighted by Crippen LogP contribution is -2.33. The molecule has 5 rings (SSSR count). The lowest BCUT2D eigenvalue weighted by Gasteiger charge is -2.38. The van der Waals surface area contributed by atoms with Gasteiger partial charge in [0, 0.05) is 29.7 Å². The third-order valence-electron chi connectivity index (χ3n) is 5.71. The summed E-state index contributed by atoms with van der Waals surface area (Å²) in [6, 6.07) is 21.2. The molecule has 0 bridgehead atoms. The Bertz CT molecular complexity index is 1220. The highest BCUT2D eigenvalue weighted by molar-refractivity contribution is 6.02. The number of nitro benzene ring substituents is 1. The van der Waals surface area contributed by atoms with Crippen LogP contribution in [0.3, 0.4) is 0 Å². The average Bonchev–Trinajstić information content (AvgIpc) is 3.29. The second-order valence-electron chi connectivity index (χ2n) is 7.58. The standard InChI is InChI=1S/C24H19N3O5/c1-31-24(28)17-9-7-16(8-10-17)23-26-21(14-20(25-26)15-5-3-2-4-6-15)19-13-18(27(29)30)11-12-22(19)32-23/h2-13,21,23H,14H2,1H3/t21-,23+/m0/s1. The van der Waals surface area contributed by atoms with Gasteiger partial charge in [-0.05, 0) is 23.8 Å². The second-order valence-corrected chi connectivity index (χ2v) is 7.58. The minimum Gasteiger partial charge on any atom is -0.465 e. The summed E-state index contributed by atoms with van der Waals surface area (Å²) in [5.74, 6) is 0.172. The molecule has 2 aliphatic heterocycles. The largest absolute Gasteiger partial charge is 0.465 e. The fraction of sp³-hybridized carbons (Fsp3) is 0.167. The molecular weight excluding hydrogens is 410 g/mol. The Morgan fingerprint density at radius 2 is 1.88 bits per heavy atom. The van der Waals surface area contributed by atoms with E-state index in [0.29, 0.717) is 17.7 Å². The normalized spacial score (nSPS) is 18.8. The lowest BCUT2D eigenvalue weighted by atomic mass is 9.95. The number of nitrogens with zero attached hydrogens (tertiary/aromatic N) is 3. The third kappa shape index (κ3) is 3.35. The number of non-ortho nitro benzene ring substituents is 1. The van der Waals surface area contributed by atoms with Crippen molar-refractivity contribution in [1.29, 1.82) is 0 Å². The van der Waals surface area contributed by atoms with E-state index in [1.165, 1.54) is 13.2 Å². The molecule has 0 fully saturated rings. The maximum absolute atomic E-state index is 11.8. The molecule has 0 aliphatic carbocycles. The van der Waals surface area contributed by atoms with Crippen LogP contribution in [0.2, 0.25) is 0 Å². The van der Waals surface area contributed by atoms with Gasteiger partial charge in [-0.3, -0.25) is 10.1 Å². The summed E-state index contributed by atoms with van der Waals surface area (Å²) in [6.45, 7) is 0. The molecule has 0 saturated carbocycles. The van der Waals surface area contributed by atoms with E-state index >= 15 is 0 Å². The molecule has 0 radical (unpaired) electrons. The summed E-state index contributed by atoms with van der Waals surface area (Å²) in [5.41, 5.74) is 3.88. The Kier molecular flexibility index (Phi) is 4.82. The van der Waals surface area contributed by atoms with E-state index < -0.39 is 17.1 Å². The topological polar surface area (TPSA) is 94.3 Å². The molecule has 3 aromatic rings. The smallest absolute Gasteiger partial charge is 0.337 e. The number of ether oxygens (including phenoxy) is 2. The fourth-order valence-electron chi connectivity index (χ4n) is 4.11. The van der Waals surface area contributed by atoms with E-state index in [1.54, 1.807) is 36.4 Å². The Morgan fingerprint density at radius 3 is 2.56 bits per heavy atom. The molecule has 3 aromatic carbocycles. The number of esters is 1. The van der Waals surface area contributed by atoms with Crippen molar-refractivity contribution < 1.29 is 19.2 Å². The van der Waals surface area contributed by atoms with Crippen LogP contribution in [0.15, 0.2) is 77.9 Å². The van der Waals surface area contributed by atoms with Crippen molar-refractivity contribution in [3.8, 4) is 5.75 Å². The zero-order valence-electron chi connectivity index (χ0n) is 17.2. The van der Waals surface area contributed by atoms with E-state index in [-0.39, 0.29) is 11.7 Å². The first-order chi connectivity index (χ1) is 15.5. The highest BCUT2D eigenvalue weighted by Crippen LogP contribution is 2.48. The van der Waals surface area contributed by atoms with Crippen LogP contribution in [0.1, 0.15) is 45.7 Å². The van der Waals surface area contributed by atoms with Gasteiger partial charge in [-0.25, -0.2) is 9.80 Å². The number of hydrazone groups is 1. The molecule has 0 aromatic heterocycles. The Balaban J connectivity index is 1.57. The predicted octanol–water partition coefficient (Wildman–Crippen LogP) is 4.62. The van der Waals surface area contributed by atoms with Gasteiger partial charge < -0.3 is 9.47 Å². The number of fused-ring (bicyclic) bond motifs is 3. The second kappa shape index (κ2) is 7.81. The van der Waals surface area contributed by atoms with Gasteiger partial charge in [0.1, 0.15) is 5.75 Å². The van der Waals surface area contributed by atoms with Crippen molar-refractivity contribution in [1.82, 2.24) is 5.01 Å². The summed E-state index contributed by atoms with van der Waals surface area (Å²) < 4.78 is 11.0. The van der Waals surface area contributed by atoms with Crippen molar-refractivity contribution in [2.24, 2.45) is 5.10 Å². The molecule has 32 heavy (non-hydrogen) atoms. The Labute approximate surface area is 183 Å². The number of benzene rings is 3. The van der Waals surface area contributed by atoms with Gasteiger partial charge in [0.2, 0.25) is 6.23 Å². The highest BCUT2D eigenvalue weighted by Gasteiger charge is 2.41. The maximum Gasteiger partial charge on any atom is 0.337 e. The van der Waals surface area contributed by atoms with E-state index in [1.807, 2.05) is 35.3 Å². The van der Waals surface area contributed by atoms with Crippen LogP contribution < -0.4 is 4.74 Å². The average molecular weight is 429 g/mol. The first kappa shape index (κ1) is 19.7. The van der Waals surface area contributed by atoms with Gasteiger partial charge in [-0.1, -0.05) is 42.5 Å². The van der Waals surface area contributed by atoms with Gasteiger partial charge in [0.05, 0.1) is 29.4 Å². The number of carbonyl (C=O) groups is 1. The number of methoxy groups -OCH3 is 1. The van der Waals surface area contributed by atoms with E-state index in [2.05, 4.69) is 0 Å². The van der Waals surface area contributed by atoms with E-state index in [9.17, 15) is 14.9 Å². The van der Waals surface area contributed by atoms with Crippen LogP contribution in [0, 0.1) is 10.1 Å². The molecular formula is C24H19N3O5. The monoisotopic (exact) mass is 429 g/mol. The number of nitro groups is 1. The molecule has 0 unspecified atom stereocenters. The van der Waals surface area contributed by atoms with Crippen LogP contribution in [-0.2, 0) is 4.74 Å². The minimum absolute atomic E-state index is 0.0151. The van der Waals surface area contributed by atoms with Crippen molar-refractivity contribution in [3.63, 3.8) is 0 Å². The van der Waals surface area contributed by atoms with Crippen molar-refractivity contribution in [3.05, 3.63) is 105 Å². The molecule has 2 atom stereocenters. The Hall–Kier alpha value is -4.20. The molecule has 0 amide bonds. The summed E-state index contributed by atoms with van der Waals surface area (Å²) >= 11 is 0. The van der Waals surface area contributed by atoms with Crippen LogP contribution in [0.4, 0.5) is 5.69 Å². The summed E-state index contributed by atoms with van der Waals surface area (Å²) in [6.07, 6.45) is 0.0556. The van der Waals surface area contributed by atoms with Crippen LogP contribution in [-0.4, -0.2) is 28.7 Å². The third-order valence-corrected chi connectivity index (χ3v) is 5.71. The molecule has 0 saturated heterocycles. The van der Waals surface area contributed by atoms with Crippen molar-refractivity contribution in [2.45, 2.75) is 18.7 Å². The van der Waals surface area contributed by atoms with Gasteiger partial charge in [-0.2, -0.15) is 5.10 Å². The zero-order chi connectivity index (χ0) is 22.2. The molecule has 160 valence electrons. The number of hydrogen-bond acceptors (Lipinski definition) is 7. The number of carbonyl (C=O) groups excluding carboxylic acids is 1. The first-order valence-corrected chi connectivity index (χ1v) is 10.1. The quantitative estimate of drug-likeness (QED) is 0.341. The SMILES string of the molecule is COC(=O)c1ccc([C@H]2Oc3ccc([N+](=O)[O-])cc3[C@@H]3CC(c4ccccc4)=NN23)cc1. The molecule has 2 aliphatic rings. The van der Waals surface area contributed by atoms with Crippen molar-refractivity contribution >= 4 is 17.4 Å². The summed E-state index contributed by atoms with van der Waals surface area (Å²) in [7, 11) is 1.34. The summed E-state index contributed by atoms with van der Waals surface area (Å²) in [5, 5.41) is 18.0. The van der Waals surface area contributed by atoms with Gasteiger partial charge >= 0.3 is 5.97 Å². The lowest BCUT2D eigenvalue weighted by molar-refractivity contribution is -0.385. The molecule has 8 heteroatoms. The van der Waals surface area contributed by atoms with Gasteiger partial charge in [0.15, 0.2) is 0 Å². The van der Waals surface area contributed by atoms with Crippen LogP contribution >= 0.6 is 0 Å². The van der Waals surface area contributed by atoms with E-state index in [0.717, 1.165) is 22.4 Å². The fourth-order valence-corrected chi connectivity index (χ4v) is 4.11. The maximum atomic E-state index is 11.8. The molecule has 2 heterocycles. The molecule has 0 N–H and O–H groups in total. The van der Waals surface area contributed by atoms with Crippen LogP contribution in [0.25, 0.3) is 0 Å². The summed E-state index contributed by atoms with van der Waals surface area (Å²) in [4.78, 5) is 22.7. The van der Waals surface area contributed by atoms with Crippen LogP contribution in [0.5, 0.6) is 5.75 Å². The van der Waals surface area contributed by atoms with Gasteiger partial charge in [0.25, 0.3) is 5.69 Å². The van der Waals surface area contributed by atoms with Gasteiger partial charge in [-0.15, -0.1) is 0 Å². The number of rotatable bonds is 4. The highest BCUT2D eigenvalue weighted by atomic mass is 16.6. The predicted molar refractivity (Wildman–Crippen MR) is 116 cm³/mol. The zero-order valence-corrected chi connectivity index (χ0v) is 17.2. The van der Waals surface area contributed by atoms with E-state index in [4.69, 9.17) is 14.6 Å². The van der Waals surface area contributed by atoms with Crippen molar-refractivity contribution in [2.75, 3.05) is 7.11 Å². The minimum atomic E-state index is -0.540.